The number of rotatable bonds is 12. The number of aryl methyl sites for hydroxylation is 1. The van der Waals surface area contributed by atoms with E-state index < -0.39 is 10.0 Å². The minimum Gasteiger partial charge on any atom is -0.497 e. The maximum Gasteiger partial charge on any atom is 0.243 e. The van der Waals surface area contributed by atoms with Gasteiger partial charge in [0.15, 0.2) is 5.13 Å². The van der Waals surface area contributed by atoms with Gasteiger partial charge in [-0.3, -0.25) is 4.79 Å². The van der Waals surface area contributed by atoms with Gasteiger partial charge in [-0.05, 0) is 49.1 Å². The molecule has 9 heteroatoms. The number of carbonyl (C=O) groups is 1. The molecule has 0 atom stereocenters. The zero-order valence-electron chi connectivity index (χ0n) is 19.8. The predicted octanol–water partition coefficient (Wildman–Crippen LogP) is 5.20. The summed E-state index contributed by atoms with van der Waals surface area (Å²) in [7, 11) is -1.88. The molecule has 0 radical (unpaired) electrons. The summed E-state index contributed by atoms with van der Waals surface area (Å²) >= 11 is 1.37. The van der Waals surface area contributed by atoms with Crippen molar-refractivity contribution in [3.63, 3.8) is 0 Å². The first-order valence-corrected chi connectivity index (χ1v) is 13.7. The van der Waals surface area contributed by atoms with Crippen LogP contribution in [0.1, 0.15) is 38.7 Å². The minimum absolute atomic E-state index is 0.139. The first-order valence-electron chi connectivity index (χ1n) is 11.4. The fraction of sp³-hybridized carbons (Fsp3) is 0.360. The number of sulfonamides is 1. The molecule has 3 aromatic rings. The van der Waals surface area contributed by atoms with Crippen LogP contribution < -0.4 is 10.1 Å². The second-order valence-electron chi connectivity index (χ2n) is 7.87. The lowest BCUT2D eigenvalue weighted by molar-refractivity contribution is -0.116. The first kappa shape index (κ1) is 25.9. The Hall–Kier alpha value is -2.75. The number of hydrogen-bond donors (Lipinski definition) is 1. The SMILES string of the molecule is CCCN(CCC)S(=O)(=O)c1ccc(CCC(=O)Nc2nc(-c3cccc(OC)c3)cs2)cc1. The average Bonchev–Trinajstić information content (AvgIpc) is 3.31. The lowest BCUT2D eigenvalue weighted by atomic mass is 10.1. The normalized spacial score (nSPS) is 11.5. The van der Waals surface area contributed by atoms with E-state index in [0.29, 0.717) is 24.6 Å². The van der Waals surface area contributed by atoms with Gasteiger partial charge in [0.2, 0.25) is 15.9 Å². The molecule has 1 heterocycles. The second-order valence-corrected chi connectivity index (χ2v) is 10.7. The minimum atomic E-state index is -3.50. The maximum atomic E-state index is 12.9. The van der Waals surface area contributed by atoms with E-state index >= 15 is 0 Å². The summed E-state index contributed by atoms with van der Waals surface area (Å²) in [5.41, 5.74) is 2.60. The largest absolute Gasteiger partial charge is 0.497 e. The quantitative estimate of drug-likeness (QED) is 0.368. The highest BCUT2D eigenvalue weighted by atomic mass is 32.2. The number of hydrogen-bond acceptors (Lipinski definition) is 6. The van der Waals surface area contributed by atoms with Crippen molar-refractivity contribution in [2.45, 2.75) is 44.4 Å². The maximum absolute atomic E-state index is 12.9. The number of ether oxygens (including phenoxy) is 1. The summed E-state index contributed by atoms with van der Waals surface area (Å²) in [4.78, 5) is 17.2. The number of aromatic nitrogens is 1. The van der Waals surface area contributed by atoms with Crippen LogP contribution in [0.15, 0.2) is 58.8 Å². The zero-order valence-corrected chi connectivity index (χ0v) is 21.4. The Labute approximate surface area is 205 Å². The number of thiazole rings is 1. The van der Waals surface area contributed by atoms with Crippen LogP contribution in [-0.4, -0.2) is 43.8 Å². The summed E-state index contributed by atoms with van der Waals surface area (Å²) in [6.07, 6.45) is 2.32. The van der Waals surface area contributed by atoms with Crippen molar-refractivity contribution in [3.05, 3.63) is 59.5 Å². The fourth-order valence-corrected chi connectivity index (χ4v) is 5.87. The van der Waals surface area contributed by atoms with Gasteiger partial charge >= 0.3 is 0 Å². The van der Waals surface area contributed by atoms with Gasteiger partial charge in [-0.2, -0.15) is 4.31 Å². The van der Waals surface area contributed by atoms with E-state index in [1.54, 1.807) is 31.4 Å². The molecule has 1 aromatic heterocycles. The molecule has 0 fully saturated rings. The van der Waals surface area contributed by atoms with E-state index in [0.717, 1.165) is 35.4 Å². The molecule has 0 aliphatic carbocycles. The Kier molecular flexibility index (Phi) is 9.20. The van der Waals surface area contributed by atoms with Gasteiger partial charge in [0.25, 0.3) is 0 Å². The van der Waals surface area contributed by atoms with Crippen molar-refractivity contribution in [3.8, 4) is 17.0 Å². The van der Waals surface area contributed by atoms with Crippen LogP contribution in [0.2, 0.25) is 0 Å². The highest BCUT2D eigenvalue weighted by molar-refractivity contribution is 7.89. The van der Waals surface area contributed by atoms with Gasteiger partial charge in [0.1, 0.15) is 5.75 Å². The summed E-state index contributed by atoms with van der Waals surface area (Å²) in [5.74, 6) is 0.610. The number of anilines is 1. The van der Waals surface area contributed by atoms with Crippen LogP contribution in [-0.2, 0) is 21.2 Å². The van der Waals surface area contributed by atoms with Gasteiger partial charge < -0.3 is 10.1 Å². The molecular weight excluding hydrogens is 470 g/mol. The first-order chi connectivity index (χ1) is 16.4. The Balaban J connectivity index is 1.57. The van der Waals surface area contributed by atoms with Crippen molar-refractivity contribution < 1.29 is 17.9 Å². The van der Waals surface area contributed by atoms with Gasteiger partial charge in [0, 0.05) is 30.5 Å². The van der Waals surface area contributed by atoms with Crippen LogP contribution in [0, 0.1) is 0 Å². The van der Waals surface area contributed by atoms with E-state index in [1.807, 2.05) is 43.5 Å². The molecule has 1 amide bonds. The van der Waals surface area contributed by atoms with Crippen molar-refractivity contribution in [2.75, 3.05) is 25.5 Å². The van der Waals surface area contributed by atoms with Crippen LogP contribution in [0.5, 0.6) is 5.75 Å². The topological polar surface area (TPSA) is 88.6 Å². The summed E-state index contributed by atoms with van der Waals surface area (Å²) in [6.45, 7) is 4.96. The number of nitrogens with one attached hydrogen (secondary N) is 1. The Morgan fingerprint density at radius 3 is 2.44 bits per heavy atom. The Bertz CT molecular complexity index is 1180. The van der Waals surface area contributed by atoms with Crippen LogP contribution in [0.25, 0.3) is 11.3 Å². The van der Waals surface area contributed by atoms with Crippen molar-refractivity contribution in [1.29, 1.82) is 0 Å². The highest BCUT2D eigenvalue weighted by Gasteiger charge is 2.22. The molecule has 2 aromatic carbocycles. The average molecular weight is 502 g/mol. The number of benzene rings is 2. The molecule has 3 rings (SSSR count). The molecule has 182 valence electrons. The third-order valence-corrected chi connectivity index (χ3v) is 7.93. The monoisotopic (exact) mass is 501 g/mol. The van der Waals surface area contributed by atoms with Crippen molar-refractivity contribution in [2.24, 2.45) is 0 Å². The molecule has 34 heavy (non-hydrogen) atoms. The fourth-order valence-electron chi connectivity index (χ4n) is 3.51. The van der Waals surface area contributed by atoms with E-state index in [4.69, 9.17) is 4.74 Å². The molecule has 0 aliphatic heterocycles. The number of methoxy groups -OCH3 is 1. The van der Waals surface area contributed by atoms with E-state index in [2.05, 4.69) is 10.3 Å². The molecule has 0 aliphatic rings. The predicted molar refractivity (Wildman–Crippen MR) is 137 cm³/mol. The third-order valence-electron chi connectivity index (χ3n) is 5.26. The van der Waals surface area contributed by atoms with Crippen molar-refractivity contribution in [1.82, 2.24) is 9.29 Å². The molecule has 0 bridgehead atoms. The number of amides is 1. The molecule has 0 spiro atoms. The van der Waals surface area contributed by atoms with Gasteiger partial charge in [-0.1, -0.05) is 38.1 Å². The second kappa shape index (κ2) is 12.1. The standard InChI is InChI=1S/C25H31N3O4S2/c1-4-15-28(16-5-2)34(30,31)22-12-9-19(10-13-22)11-14-24(29)27-25-26-23(18-33-25)20-7-6-8-21(17-20)32-3/h6-10,12-13,17-18H,4-5,11,14-16H2,1-3H3,(H,26,27,29). The molecule has 0 saturated heterocycles. The van der Waals surface area contributed by atoms with Crippen molar-refractivity contribution >= 4 is 32.4 Å². The van der Waals surface area contributed by atoms with Crippen LogP contribution >= 0.6 is 11.3 Å². The number of carbonyl (C=O) groups excluding carboxylic acids is 1. The lowest BCUT2D eigenvalue weighted by Gasteiger charge is -2.21. The van der Waals surface area contributed by atoms with Gasteiger partial charge in [-0.15, -0.1) is 11.3 Å². The molecule has 1 N–H and O–H groups in total. The molecule has 7 nitrogen and oxygen atoms in total. The molecular formula is C25H31N3O4S2. The van der Waals surface area contributed by atoms with Crippen LogP contribution in [0.3, 0.4) is 0 Å². The van der Waals surface area contributed by atoms with Gasteiger partial charge in [-0.25, -0.2) is 13.4 Å². The van der Waals surface area contributed by atoms with Gasteiger partial charge in [0.05, 0.1) is 17.7 Å². The smallest absolute Gasteiger partial charge is 0.243 e. The molecule has 0 unspecified atom stereocenters. The lowest BCUT2D eigenvalue weighted by Crippen LogP contribution is -2.32. The highest BCUT2D eigenvalue weighted by Crippen LogP contribution is 2.27. The Morgan fingerprint density at radius 2 is 1.79 bits per heavy atom. The number of nitrogens with zero attached hydrogens (tertiary/aromatic N) is 2. The zero-order chi connectivity index (χ0) is 24.6. The van der Waals surface area contributed by atoms with E-state index in [1.165, 1.54) is 15.6 Å². The molecule has 0 saturated carbocycles. The summed E-state index contributed by atoms with van der Waals surface area (Å²) in [5, 5.41) is 5.28. The third kappa shape index (κ3) is 6.65. The van der Waals surface area contributed by atoms with Crippen LogP contribution in [0.4, 0.5) is 5.13 Å². The summed E-state index contributed by atoms with van der Waals surface area (Å²) in [6, 6.07) is 14.4. The Morgan fingerprint density at radius 1 is 1.09 bits per heavy atom. The van der Waals surface area contributed by atoms with E-state index in [-0.39, 0.29) is 17.2 Å². The summed E-state index contributed by atoms with van der Waals surface area (Å²) < 4.78 is 32.5. The van der Waals surface area contributed by atoms with E-state index in [9.17, 15) is 13.2 Å².